The molecule has 0 aromatic heterocycles. The number of hydrogen-bond acceptors (Lipinski definition) is 6. The lowest BCUT2D eigenvalue weighted by atomic mass is 10.1. The number of carbonyl (C=O) groups excluding carboxylic acids is 1. The Bertz CT molecular complexity index is 1140. The number of phenolic OH excluding ortho intramolecular Hbond substituents is 1. The number of amides is 1. The second-order valence-electron chi connectivity index (χ2n) is 7.26. The van der Waals surface area contributed by atoms with Crippen molar-refractivity contribution in [2.75, 3.05) is 12.0 Å². The molecule has 0 aliphatic carbocycles. The summed E-state index contributed by atoms with van der Waals surface area (Å²) >= 11 is 0. The quantitative estimate of drug-likeness (QED) is 0.329. The number of anilines is 1. The Hall–Kier alpha value is -4.01. The van der Waals surface area contributed by atoms with Crippen LogP contribution in [0.5, 0.6) is 5.75 Å². The van der Waals surface area contributed by atoms with Gasteiger partial charge >= 0.3 is 5.97 Å². The van der Waals surface area contributed by atoms with Crippen LogP contribution in [0.3, 0.4) is 0 Å². The minimum Gasteiger partial charge on any atom is -0.505 e. The molecule has 1 aliphatic rings. The molecular formula is C23H23FN4O4. The molecule has 0 saturated heterocycles. The van der Waals surface area contributed by atoms with Crippen LogP contribution < -0.4 is 5.43 Å². The average molecular weight is 438 g/mol. The predicted molar refractivity (Wildman–Crippen MR) is 121 cm³/mol. The Morgan fingerprint density at radius 1 is 1.22 bits per heavy atom. The number of hydrazone groups is 2. The second kappa shape index (κ2) is 9.86. The number of aryl methyl sites for hydroxylation is 1. The molecule has 8 nitrogen and oxygen atoms in total. The number of halogens is 1. The SMILES string of the molecule is CC1=NN(CCCC(=O)O)C(=O)/C1=N\Nc1cccc(/C=C\c2cc(F)ccc2C)c1O. The van der Waals surface area contributed by atoms with Gasteiger partial charge in [0.15, 0.2) is 5.71 Å². The molecule has 3 N–H and O–H groups in total. The maximum atomic E-state index is 13.5. The molecule has 0 unspecified atom stereocenters. The summed E-state index contributed by atoms with van der Waals surface area (Å²) in [6.45, 7) is 3.66. The van der Waals surface area contributed by atoms with Gasteiger partial charge in [0.1, 0.15) is 11.6 Å². The first-order valence-electron chi connectivity index (χ1n) is 9.95. The number of aromatic hydroxyl groups is 1. The molecule has 0 saturated carbocycles. The van der Waals surface area contributed by atoms with E-state index < -0.39 is 11.9 Å². The van der Waals surface area contributed by atoms with Crippen molar-refractivity contribution in [1.82, 2.24) is 5.01 Å². The number of rotatable bonds is 8. The van der Waals surface area contributed by atoms with Crippen LogP contribution in [0.15, 0.2) is 46.6 Å². The van der Waals surface area contributed by atoms with Gasteiger partial charge in [0, 0.05) is 18.5 Å². The minimum atomic E-state index is -0.940. The van der Waals surface area contributed by atoms with E-state index in [1.807, 2.05) is 6.92 Å². The molecule has 1 amide bonds. The van der Waals surface area contributed by atoms with Gasteiger partial charge in [-0.1, -0.05) is 30.4 Å². The summed E-state index contributed by atoms with van der Waals surface area (Å²) in [4.78, 5) is 23.1. The number of carboxylic acids is 1. The van der Waals surface area contributed by atoms with E-state index in [1.165, 1.54) is 17.1 Å². The van der Waals surface area contributed by atoms with E-state index in [0.29, 0.717) is 16.8 Å². The third kappa shape index (κ3) is 5.37. The van der Waals surface area contributed by atoms with Crippen molar-refractivity contribution in [3.05, 3.63) is 58.9 Å². The van der Waals surface area contributed by atoms with Crippen molar-refractivity contribution in [3.8, 4) is 5.75 Å². The van der Waals surface area contributed by atoms with Gasteiger partial charge in [-0.2, -0.15) is 10.2 Å². The standard InChI is InChI=1S/C23H23FN4O4/c1-14-8-11-18(24)13-17(14)10-9-16-5-3-6-19(22(16)31)25-26-21-15(2)27-28(23(21)32)12-4-7-20(29)30/h3,5-6,8-11,13,25,31H,4,7,12H2,1-2H3,(H,29,30)/b10-9-,26-21-. The molecule has 32 heavy (non-hydrogen) atoms. The van der Waals surface area contributed by atoms with E-state index in [9.17, 15) is 19.1 Å². The molecule has 0 atom stereocenters. The maximum Gasteiger partial charge on any atom is 0.303 e. The molecule has 2 aromatic carbocycles. The number of hydrogen-bond donors (Lipinski definition) is 3. The number of aliphatic carboxylic acids is 1. The maximum absolute atomic E-state index is 13.5. The van der Waals surface area contributed by atoms with Crippen LogP contribution in [0.25, 0.3) is 12.2 Å². The molecule has 1 aliphatic heterocycles. The summed E-state index contributed by atoms with van der Waals surface area (Å²) in [5, 5.41) is 28.7. The van der Waals surface area contributed by atoms with Crippen molar-refractivity contribution in [1.29, 1.82) is 0 Å². The van der Waals surface area contributed by atoms with E-state index in [-0.39, 0.29) is 42.4 Å². The highest BCUT2D eigenvalue weighted by Gasteiger charge is 2.29. The zero-order valence-electron chi connectivity index (χ0n) is 17.7. The first-order valence-corrected chi connectivity index (χ1v) is 9.95. The molecular weight excluding hydrogens is 415 g/mol. The largest absolute Gasteiger partial charge is 0.505 e. The Balaban J connectivity index is 1.73. The molecule has 3 rings (SSSR count). The second-order valence-corrected chi connectivity index (χ2v) is 7.26. The fourth-order valence-electron chi connectivity index (χ4n) is 3.08. The highest BCUT2D eigenvalue weighted by molar-refractivity contribution is 6.68. The van der Waals surface area contributed by atoms with Crippen LogP contribution in [0.1, 0.15) is 36.5 Å². The summed E-state index contributed by atoms with van der Waals surface area (Å²) in [7, 11) is 0. The smallest absolute Gasteiger partial charge is 0.303 e. The topological polar surface area (TPSA) is 115 Å². The van der Waals surface area contributed by atoms with Gasteiger partial charge in [-0.3, -0.25) is 15.0 Å². The Morgan fingerprint density at radius 3 is 2.72 bits per heavy atom. The van der Waals surface area contributed by atoms with Gasteiger partial charge in [-0.25, -0.2) is 9.40 Å². The lowest BCUT2D eigenvalue weighted by molar-refractivity contribution is -0.137. The number of carboxylic acid groups (broad SMARTS) is 1. The van der Waals surface area contributed by atoms with Gasteiger partial charge < -0.3 is 10.2 Å². The molecule has 166 valence electrons. The number of phenols is 1. The van der Waals surface area contributed by atoms with E-state index in [0.717, 1.165) is 5.56 Å². The Morgan fingerprint density at radius 2 is 1.97 bits per heavy atom. The predicted octanol–water partition coefficient (Wildman–Crippen LogP) is 3.86. The summed E-state index contributed by atoms with van der Waals surface area (Å²) < 4.78 is 13.5. The summed E-state index contributed by atoms with van der Waals surface area (Å²) in [6.07, 6.45) is 3.58. The molecule has 0 radical (unpaired) electrons. The zero-order valence-corrected chi connectivity index (χ0v) is 17.7. The van der Waals surface area contributed by atoms with Crippen molar-refractivity contribution in [2.24, 2.45) is 10.2 Å². The fraction of sp³-hybridized carbons (Fsp3) is 0.217. The zero-order chi connectivity index (χ0) is 23.3. The van der Waals surface area contributed by atoms with Gasteiger partial charge in [0.25, 0.3) is 5.91 Å². The van der Waals surface area contributed by atoms with E-state index in [1.54, 1.807) is 43.3 Å². The van der Waals surface area contributed by atoms with Crippen LogP contribution in [0.4, 0.5) is 10.1 Å². The van der Waals surface area contributed by atoms with Crippen molar-refractivity contribution in [3.63, 3.8) is 0 Å². The monoisotopic (exact) mass is 438 g/mol. The number of benzene rings is 2. The average Bonchev–Trinajstić information content (AvgIpc) is 3.01. The molecule has 1 heterocycles. The minimum absolute atomic E-state index is 0.0631. The van der Waals surface area contributed by atoms with Crippen molar-refractivity contribution in [2.45, 2.75) is 26.7 Å². The molecule has 0 bridgehead atoms. The number of nitrogens with zero attached hydrogens (tertiary/aromatic N) is 3. The molecule has 0 fully saturated rings. The number of para-hydroxylation sites is 1. The Kier molecular flexibility index (Phi) is 6.99. The van der Waals surface area contributed by atoms with Gasteiger partial charge in [0.2, 0.25) is 0 Å². The lowest BCUT2D eigenvalue weighted by Crippen LogP contribution is -2.29. The lowest BCUT2D eigenvalue weighted by Gasteiger charge is -2.10. The summed E-state index contributed by atoms with van der Waals surface area (Å²) in [6, 6.07) is 9.47. The fourth-order valence-corrected chi connectivity index (χ4v) is 3.08. The highest BCUT2D eigenvalue weighted by atomic mass is 19.1. The molecule has 0 spiro atoms. The van der Waals surface area contributed by atoms with Gasteiger partial charge in [-0.15, -0.1) is 0 Å². The first-order chi connectivity index (χ1) is 15.3. The van der Waals surface area contributed by atoms with Gasteiger partial charge in [-0.05, 0) is 49.6 Å². The summed E-state index contributed by atoms with van der Waals surface area (Å²) in [5.41, 5.74) is 5.50. The van der Waals surface area contributed by atoms with E-state index in [2.05, 4.69) is 15.6 Å². The summed E-state index contributed by atoms with van der Waals surface area (Å²) in [5.74, 6) is -1.82. The van der Waals surface area contributed by atoms with Crippen LogP contribution in [-0.4, -0.2) is 45.1 Å². The molecule has 9 heteroatoms. The van der Waals surface area contributed by atoms with Crippen molar-refractivity contribution < 1.29 is 24.2 Å². The van der Waals surface area contributed by atoms with Crippen molar-refractivity contribution >= 4 is 41.1 Å². The van der Waals surface area contributed by atoms with E-state index >= 15 is 0 Å². The number of nitrogens with one attached hydrogen (secondary N) is 1. The van der Waals surface area contributed by atoms with Crippen LogP contribution in [0.2, 0.25) is 0 Å². The van der Waals surface area contributed by atoms with Crippen LogP contribution in [0, 0.1) is 12.7 Å². The molecule has 2 aromatic rings. The number of carbonyl (C=O) groups is 2. The van der Waals surface area contributed by atoms with Crippen LogP contribution in [-0.2, 0) is 9.59 Å². The van der Waals surface area contributed by atoms with Gasteiger partial charge in [0.05, 0.1) is 11.4 Å². The third-order valence-corrected chi connectivity index (χ3v) is 4.85. The van der Waals surface area contributed by atoms with Crippen LogP contribution >= 0.6 is 0 Å². The Labute approximate surface area is 184 Å². The third-order valence-electron chi connectivity index (χ3n) is 4.85. The normalized spacial score (nSPS) is 15.0. The highest BCUT2D eigenvalue weighted by Crippen LogP contribution is 2.29. The van der Waals surface area contributed by atoms with E-state index in [4.69, 9.17) is 5.11 Å². The first kappa shape index (κ1) is 22.7.